The van der Waals surface area contributed by atoms with Gasteiger partial charge >= 0.3 is 23.9 Å². The molecule has 0 saturated heterocycles. The highest BCUT2D eigenvalue weighted by atomic mass is 19.4. The van der Waals surface area contributed by atoms with Crippen LogP contribution >= 0.6 is 0 Å². The average molecular weight is 524 g/mol. The molecule has 0 amide bonds. The summed E-state index contributed by atoms with van der Waals surface area (Å²) in [6.07, 6.45) is -7.81. The van der Waals surface area contributed by atoms with Gasteiger partial charge in [0.25, 0.3) is 0 Å². The molecule has 5 nitrogen and oxygen atoms in total. The van der Waals surface area contributed by atoms with Gasteiger partial charge in [-0.1, -0.05) is 20.8 Å². The third-order valence-electron chi connectivity index (χ3n) is 5.32. The molecule has 0 aliphatic rings. The van der Waals surface area contributed by atoms with E-state index < -0.39 is 55.6 Å². The number of rotatable bonds is 18. The molecule has 0 aromatic carbocycles. The normalized spacial score (nSPS) is 17.5. The van der Waals surface area contributed by atoms with Crippen LogP contribution in [0, 0.1) is 10.8 Å². The van der Waals surface area contributed by atoms with Crippen LogP contribution in [-0.2, 0) is 14.2 Å². The first-order chi connectivity index (χ1) is 15.3. The maximum absolute atomic E-state index is 13.5. The number of hydrogen-bond donors (Lipinski definition) is 2. The maximum Gasteiger partial charge on any atom is 0.460 e. The van der Waals surface area contributed by atoms with Gasteiger partial charge in [-0.3, -0.25) is 0 Å². The minimum Gasteiger partial charge on any atom is -0.396 e. The van der Waals surface area contributed by atoms with Gasteiger partial charge in [0.2, 0.25) is 0 Å². The van der Waals surface area contributed by atoms with Gasteiger partial charge in [0.05, 0.1) is 39.6 Å². The number of aliphatic hydroxyl groups is 2. The topological polar surface area (TPSA) is 68.2 Å². The Kier molecular flexibility index (Phi) is 12.6. The molecule has 0 heterocycles. The quantitative estimate of drug-likeness (QED) is 0.201. The van der Waals surface area contributed by atoms with Crippen molar-refractivity contribution in [2.75, 3.05) is 52.9 Å². The van der Waals surface area contributed by atoms with Crippen molar-refractivity contribution in [2.45, 2.75) is 64.0 Å². The molecule has 0 aliphatic carbocycles. The summed E-state index contributed by atoms with van der Waals surface area (Å²) in [7, 11) is 0. The molecular weight excluding hydrogens is 491 g/mol. The smallest absolute Gasteiger partial charge is 0.396 e. The maximum atomic E-state index is 13.5. The SMILES string of the molecule is CCC(C)(CO)COCCCOCC(C)(CO)COCCC(F)(F)C(F)(F)C(F)(F)C(F)(F)F. The van der Waals surface area contributed by atoms with Crippen molar-refractivity contribution in [3.05, 3.63) is 0 Å². The van der Waals surface area contributed by atoms with E-state index in [9.17, 15) is 49.7 Å². The molecule has 0 radical (unpaired) electrons. The molecule has 0 spiro atoms. The molecular formula is C20H33F9O5. The summed E-state index contributed by atoms with van der Waals surface area (Å²) in [4.78, 5) is 0. The molecule has 2 N–H and O–H groups in total. The number of aliphatic hydroxyl groups excluding tert-OH is 2. The van der Waals surface area contributed by atoms with E-state index in [1.807, 2.05) is 13.8 Å². The van der Waals surface area contributed by atoms with Crippen LogP contribution in [0.25, 0.3) is 0 Å². The van der Waals surface area contributed by atoms with E-state index in [-0.39, 0.29) is 25.2 Å². The fraction of sp³-hybridized carbons (Fsp3) is 1.00. The number of ether oxygens (including phenoxy) is 3. The van der Waals surface area contributed by atoms with Gasteiger partial charge in [0.15, 0.2) is 0 Å². The summed E-state index contributed by atoms with van der Waals surface area (Å²) >= 11 is 0. The molecule has 2 unspecified atom stereocenters. The third-order valence-corrected chi connectivity index (χ3v) is 5.32. The Hall–Kier alpha value is -0.830. The van der Waals surface area contributed by atoms with Crippen molar-refractivity contribution < 1.29 is 63.9 Å². The highest BCUT2D eigenvalue weighted by Gasteiger charge is 2.81. The first kappa shape index (κ1) is 33.2. The first-order valence-corrected chi connectivity index (χ1v) is 10.5. The monoisotopic (exact) mass is 524 g/mol. The average Bonchev–Trinajstić information content (AvgIpc) is 2.74. The molecule has 0 aromatic heterocycles. The van der Waals surface area contributed by atoms with Crippen molar-refractivity contribution >= 4 is 0 Å². The second-order valence-corrected chi connectivity index (χ2v) is 8.90. The van der Waals surface area contributed by atoms with Crippen LogP contribution in [0.4, 0.5) is 39.5 Å². The molecule has 0 aliphatic heterocycles. The Bertz CT molecular complexity index is 583. The van der Waals surface area contributed by atoms with E-state index in [1.54, 1.807) is 0 Å². The zero-order valence-corrected chi connectivity index (χ0v) is 19.3. The van der Waals surface area contributed by atoms with Gasteiger partial charge in [-0.15, -0.1) is 0 Å². The fourth-order valence-electron chi connectivity index (χ4n) is 2.38. The van der Waals surface area contributed by atoms with Crippen LogP contribution in [0.15, 0.2) is 0 Å². The summed E-state index contributed by atoms with van der Waals surface area (Å²) in [5, 5.41) is 18.7. The van der Waals surface area contributed by atoms with Gasteiger partial charge in [0.1, 0.15) is 0 Å². The third kappa shape index (κ3) is 8.99. The minimum atomic E-state index is -6.94. The molecule has 0 aromatic rings. The second-order valence-electron chi connectivity index (χ2n) is 8.90. The molecule has 206 valence electrons. The molecule has 14 heteroatoms. The predicted octanol–water partition coefficient (Wildman–Crippen LogP) is 4.69. The molecule has 0 saturated carbocycles. The van der Waals surface area contributed by atoms with Gasteiger partial charge in [-0.25, -0.2) is 0 Å². The first-order valence-electron chi connectivity index (χ1n) is 10.5. The standard InChI is InChI=1S/C20H33F9O5/c1-4-15(2,10-30)12-32-7-5-8-33-13-16(3,11-31)14-34-9-6-17(21,22)18(23,24)19(25,26)20(27,28)29/h30-31H,4-14H2,1-3H3. The lowest BCUT2D eigenvalue weighted by Crippen LogP contribution is -2.61. The lowest BCUT2D eigenvalue weighted by atomic mass is 9.90. The van der Waals surface area contributed by atoms with Gasteiger partial charge in [-0.05, 0) is 12.8 Å². The molecule has 0 bridgehead atoms. The van der Waals surface area contributed by atoms with Crippen LogP contribution in [0.5, 0.6) is 0 Å². The Morgan fingerprint density at radius 2 is 1.03 bits per heavy atom. The summed E-state index contributed by atoms with van der Waals surface area (Å²) < 4.78 is 131. The summed E-state index contributed by atoms with van der Waals surface area (Å²) in [6, 6.07) is 0. The van der Waals surface area contributed by atoms with Crippen molar-refractivity contribution in [3.8, 4) is 0 Å². The molecule has 0 fully saturated rings. The number of halogens is 9. The van der Waals surface area contributed by atoms with E-state index in [1.165, 1.54) is 6.92 Å². The summed E-state index contributed by atoms with van der Waals surface area (Å²) in [5.74, 6) is -19.3. The van der Waals surface area contributed by atoms with Crippen molar-refractivity contribution in [1.29, 1.82) is 0 Å². The Balaban J connectivity index is 4.47. The lowest BCUT2D eigenvalue weighted by molar-refractivity contribution is -0.397. The van der Waals surface area contributed by atoms with Crippen LogP contribution in [0.2, 0.25) is 0 Å². The Morgan fingerprint density at radius 1 is 0.618 bits per heavy atom. The van der Waals surface area contributed by atoms with Gasteiger partial charge < -0.3 is 24.4 Å². The van der Waals surface area contributed by atoms with E-state index in [0.717, 1.165) is 0 Å². The largest absolute Gasteiger partial charge is 0.460 e. The van der Waals surface area contributed by atoms with Crippen molar-refractivity contribution in [1.82, 2.24) is 0 Å². The van der Waals surface area contributed by atoms with E-state index in [2.05, 4.69) is 0 Å². The zero-order valence-electron chi connectivity index (χ0n) is 19.3. The summed E-state index contributed by atoms with van der Waals surface area (Å²) in [6.45, 7) is 3.46. The number of alkyl halides is 9. The minimum absolute atomic E-state index is 0.0385. The molecule has 0 rings (SSSR count). The van der Waals surface area contributed by atoms with Crippen LogP contribution in [-0.4, -0.2) is 87.0 Å². The van der Waals surface area contributed by atoms with Crippen LogP contribution in [0.3, 0.4) is 0 Å². The second kappa shape index (κ2) is 12.9. The zero-order chi connectivity index (χ0) is 26.9. The highest BCUT2D eigenvalue weighted by Crippen LogP contribution is 2.53. The highest BCUT2D eigenvalue weighted by molar-refractivity contribution is 5.00. The van der Waals surface area contributed by atoms with Crippen molar-refractivity contribution in [3.63, 3.8) is 0 Å². The fourth-order valence-corrected chi connectivity index (χ4v) is 2.38. The molecule has 34 heavy (non-hydrogen) atoms. The van der Waals surface area contributed by atoms with Crippen LogP contribution in [0.1, 0.15) is 40.0 Å². The van der Waals surface area contributed by atoms with Crippen molar-refractivity contribution in [2.24, 2.45) is 10.8 Å². The van der Waals surface area contributed by atoms with E-state index in [4.69, 9.17) is 14.2 Å². The Labute approximate surface area is 192 Å². The lowest BCUT2D eigenvalue weighted by Gasteiger charge is -2.34. The number of hydrogen-bond acceptors (Lipinski definition) is 5. The predicted molar refractivity (Wildman–Crippen MR) is 103 cm³/mol. The van der Waals surface area contributed by atoms with E-state index >= 15 is 0 Å². The van der Waals surface area contributed by atoms with E-state index in [0.29, 0.717) is 26.1 Å². The Morgan fingerprint density at radius 3 is 1.41 bits per heavy atom. The van der Waals surface area contributed by atoms with Crippen LogP contribution < -0.4 is 0 Å². The summed E-state index contributed by atoms with van der Waals surface area (Å²) in [5.41, 5.74) is -1.54. The van der Waals surface area contributed by atoms with Gasteiger partial charge in [0, 0.05) is 30.5 Å². The molecule has 2 atom stereocenters. The van der Waals surface area contributed by atoms with Gasteiger partial charge in [-0.2, -0.15) is 39.5 Å².